The van der Waals surface area contributed by atoms with Crippen LogP contribution >= 0.6 is 0 Å². The SMILES string of the molecule is CCc1ccc(NC(=O)CCCNC(C)C)cc1. The van der Waals surface area contributed by atoms with E-state index in [2.05, 4.69) is 43.5 Å². The van der Waals surface area contributed by atoms with Crippen LogP contribution in [-0.2, 0) is 11.2 Å². The van der Waals surface area contributed by atoms with E-state index in [9.17, 15) is 4.79 Å². The Morgan fingerprint density at radius 2 is 1.89 bits per heavy atom. The molecule has 0 aliphatic heterocycles. The second kappa shape index (κ2) is 7.88. The van der Waals surface area contributed by atoms with E-state index in [0.29, 0.717) is 12.5 Å². The van der Waals surface area contributed by atoms with Gasteiger partial charge in [-0.25, -0.2) is 0 Å². The second-order valence-corrected chi connectivity index (χ2v) is 4.81. The molecule has 1 aromatic rings. The number of aryl methyl sites for hydroxylation is 1. The summed E-state index contributed by atoms with van der Waals surface area (Å²) in [6.45, 7) is 7.22. The molecule has 18 heavy (non-hydrogen) atoms. The molecule has 1 rings (SSSR count). The summed E-state index contributed by atoms with van der Waals surface area (Å²) in [5, 5.41) is 6.21. The summed E-state index contributed by atoms with van der Waals surface area (Å²) in [5.74, 6) is 0.0878. The fourth-order valence-corrected chi connectivity index (χ4v) is 1.69. The number of carbonyl (C=O) groups excluding carboxylic acids is 1. The van der Waals surface area contributed by atoms with Gasteiger partial charge in [-0.1, -0.05) is 32.9 Å². The number of hydrogen-bond donors (Lipinski definition) is 2. The van der Waals surface area contributed by atoms with Crippen LogP contribution in [0.2, 0.25) is 0 Å². The molecule has 0 heterocycles. The van der Waals surface area contributed by atoms with E-state index in [1.165, 1.54) is 5.56 Å². The van der Waals surface area contributed by atoms with Crippen molar-refractivity contribution in [2.45, 2.75) is 46.1 Å². The van der Waals surface area contributed by atoms with Crippen molar-refractivity contribution < 1.29 is 4.79 Å². The molecule has 0 aromatic heterocycles. The van der Waals surface area contributed by atoms with Crippen molar-refractivity contribution in [2.24, 2.45) is 0 Å². The summed E-state index contributed by atoms with van der Waals surface area (Å²) >= 11 is 0. The molecule has 0 saturated heterocycles. The number of benzene rings is 1. The second-order valence-electron chi connectivity index (χ2n) is 4.81. The maximum absolute atomic E-state index is 11.7. The third-order valence-corrected chi connectivity index (χ3v) is 2.78. The maximum Gasteiger partial charge on any atom is 0.224 e. The largest absolute Gasteiger partial charge is 0.326 e. The van der Waals surface area contributed by atoms with Gasteiger partial charge in [0, 0.05) is 18.2 Å². The highest BCUT2D eigenvalue weighted by molar-refractivity contribution is 5.90. The molecular formula is C15H24N2O. The lowest BCUT2D eigenvalue weighted by molar-refractivity contribution is -0.116. The minimum absolute atomic E-state index is 0.0878. The summed E-state index contributed by atoms with van der Waals surface area (Å²) in [6, 6.07) is 8.51. The van der Waals surface area contributed by atoms with Crippen molar-refractivity contribution in [2.75, 3.05) is 11.9 Å². The van der Waals surface area contributed by atoms with Gasteiger partial charge < -0.3 is 10.6 Å². The molecule has 0 spiro atoms. The molecule has 0 aliphatic carbocycles. The Bertz CT molecular complexity index is 357. The van der Waals surface area contributed by atoms with Crippen LogP contribution in [0.3, 0.4) is 0 Å². The highest BCUT2D eigenvalue weighted by atomic mass is 16.1. The van der Waals surface area contributed by atoms with Crippen LogP contribution in [0.1, 0.15) is 39.2 Å². The van der Waals surface area contributed by atoms with Crippen molar-refractivity contribution in [3.8, 4) is 0 Å². The Balaban J connectivity index is 2.26. The fourth-order valence-electron chi connectivity index (χ4n) is 1.69. The maximum atomic E-state index is 11.7. The predicted molar refractivity (Wildman–Crippen MR) is 76.8 cm³/mol. The lowest BCUT2D eigenvalue weighted by Gasteiger charge is -2.08. The molecule has 0 unspecified atom stereocenters. The summed E-state index contributed by atoms with van der Waals surface area (Å²) in [7, 11) is 0. The Kier molecular flexibility index (Phi) is 6.44. The van der Waals surface area contributed by atoms with E-state index in [1.54, 1.807) is 0 Å². The van der Waals surface area contributed by atoms with Gasteiger partial charge in [0.05, 0.1) is 0 Å². The van der Waals surface area contributed by atoms with E-state index in [4.69, 9.17) is 0 Å². The molecule has 0 aliphatic rings. The fraction of sp³-hybridized carbons (Fsp3) is 0.533. The van der Waals surface area contributed by atoms with Gasteiger partial charge in [0.25, 0.3) is 0 Å². The van der Waals surface area contributed by atoms with Crippen molar-refractivity contribution in [1.82, 2.24) is 5.32 Å². The molecule has 100 valence electrons. The van der Waals surface area contributed by atoms with Gasteiger partial charge in [0.15, 0.2) is 0 Å². The average molecular weight is 248 g/mol. The van der Waals surface area contributed by atoms with Crippen LogP contribution in [0.5, 0.6) is 0 Å². The molecule has 3 nitrogen and oxygen atoms in total. The van der Waals surface area contributed by atoms with Crippen molar-refractivity contribution >= 4 is 11.6 Å². The predicted octanol–water partition coefficient (Wildman–Crippen LogP) is 2.97. The Morgan fingerprint density at radius 3 is 2.44 bits per heavy atom. The third kappa shape index (κ3) is 5.82. The van der Waals surface area contributed by atoms with Crippen molar-refractivity contribution in [3.05, 3.63) is 29.8 Å². The van der Waals surface area contributed by atoms with Gasteiger partial charge in [-0.3, -0.25) is 4.79 Å². The first kappa shape index (κ1) is 14.7. The quantitative estimate of drug-likeness (QED) is 0.728. The minimum atomic E-state index is 0.0878. The molecule has 3 heteroatoms. The summed E-state index contributed by atoms with van der Waals surface area (Å²) < 4.78 is 0. The van der Waals surface area contributed by atoms with Gasteiger partial charge in [0.2, 0.25) is 5.91 Å². The van der Waals surface area contributed by atoms with E-state index >= 15 is 0 Å². The number of nitrogens with one attached hydrogen (secondary N) is 2. The standard InChI is InChI=1S/C15H24N2O/c1-4-13-7-9-14(10-8-13)17-15(18)6-5-11-16-12(2)3/h7-10,12,16H,4-6,11H2,1-3H3,(H,17,18). The molecule has 1 amide bonds. The Labute approximate surface area is 110 Å². The smallest absolute Gasteiger partial charge is 0.224 e. The lowest BCUT2D eigenvalue weighted by Crippen LogP contribution is -2.24. The molecule has 1 aromatic carbocycles. The number of rotatable bonds is 7. The van der Waals surface area contributed by atoms with Crippen LogP contribution in [0.25, 0.3) is 0 Å². The molecule has 0 fully saturated rings. The van der Waals surface area contributed by atoms with Gasteiger partial charge in [0.1, 0.15) is 0 Å². The highest BCUT2D eigenvalue weighted by Crippen LogP contribution is 2.10. The van der Waals surface area contributed by atoms with Crippen LogP contribution in [0.15, 0.2) is 24.3 Å². The summed E-state index contributed by atoms with van der Waals surface area (Å²) in [6.07, 6.45) is 2.46. The molecule has 0 saturated carbocycles. The topological polar surface area (TPSA) is 41.1 Å². The Hall–Kier alpha value is -1.35. The number of carbonyl (C=O) groups is 1. The highest BCUT2D eigenvalue weighted by Gasteiger charge is 2.02. The normalized spacial score (nSPS) is 10.7. The zero-order chi connectivity index (χ0) is 13.4. The average Bonchev–Trinajstić information content (AvgIpc) is 2.35. The van der Waals surface area contributed by atoms with E-state index in [-0.39, 0.29) is 5.91 Å². The van der Waals surface area contributed by atoms with E-state index < -0.39 is 0 Å². The number of anilines is 1. The zero-order valence-electron chi connectivity index (χ0n) is 11.6. The van der Waals surface area contributed by atoms with Crippen molar-refractivity contribution in [1.29, 1.82) is 0 Å². The summed E-state index contributed by atoms with van der Waals surface area (Å²) in [5.41, 5.74) is 2.17. The molecule has 0 radical (unpaired) electrons. The molecule has 2 N–H and O–H groups in total. The van der Waals surface area contributed by atoms with Gasteiger partial charge in [-0.05, 0) is 37.1 Å². The molecule has 0 atom stereocenters. The van der Waals surface area contributed by atoms with Gasteiger partial charge in [-0.2, -0.15) is 0 Å². The van der Waals surface area contributed by atoms with Crippen LogP contribution < -0.4 is 10.6 Å². The van der Waals surface area contributed by atoms with Crippen LogP contribution in [-0.4, -0.2) is 18.5 Å². The number of amides is 1. The first-order valence-corrected chi connectivity index (χ1v) is 6.74. The van der Waals surface area contributed by atoms with Crippen molar-refractivity contribution in [3.63, 3.8) is 0 Å². The molecular weight excluding hydrogens is 224 g/mol. The minimum Gasteiger partial charge on any atom is -0.326 e. The lowest BCUT2D eigenvalue weighted by atomic mass is 10.1. The van der Waals surface area contributed by atoms with Crippen LogP contribution in [0.4, 0.5) is 5.69 Å². The third-order valence-electron chi connectivity index (χ3n) is 2.78. The summed E-state index contributed by atoms with van der Waals surface area (Å²) in [4.78, 5) is 11.7. The van der Waals surface area contributed by atoms with Crippen LogP contribution in [0, 0.1) is 0 Å². The zero-order valence-corrected chi connectivity index (χ0v) is 11.6. The number of hydrogen-bond acceptors (Lipinski definition) is 2. The van der Waals surface area contributed by atoms with E-state index in [0.717, 1.165) is 25.1 Å². The van der Waals surface area contributed by atoms with Gasteiger partial charge in [-0.15, -0.1) is 0 Å². The molecule has 0 bridgehead atoms. The first-order chi connectivity index (χ1) is 8.61. The first-order valence-electron chi connectivity index (χ1n) is 6.74. The Morgan fingerprint density at radius 1 is 1.22 bits per heavy atom. The monoisotopic (exact) mass is 248 g/mol. The van der Waals surface area contributed by atoms with Gasteiger partial charge >= 0.3 is 0 Å². The van der Waals surface area contributed by atoms with E-state index in [1.807, 2.05) is 12.1 Å².